The number of hydrogen-bond acceptors (Lipinski definition) is 3. The van der Waals surface area contributed by atoms with Crippen molar-refractivity contribution in [2.45, 2.75) is 51.1 Å². The molecule has 1 saturated carbocycles. The number of nitrogens with one attached hydrogen (secondary N) is 2. The molecular weight excluding hydrogens is 232 g/mol. The van der Waals surface area contributed by atoms with Gasteiger partial charge in [0.05, 0.1) is 0 Å². The number of hydrogen-bond donors (Lipinski definition) is 3. The van der Waals surface area contributed by atoms with Crippen molar-refractivity contribution < 1.29 is 14.7 Å². The molecule has 2 rings (SSSR count). The molecule has 1 heterocycles. The van der Waals surface area contributed by atoms with Gasteiger partial charge in [0, 0.05) is 25.3 Å². The molecule has 5 heteroatoms. The lowest BCUT2D eigenvalue weighted by atomic mass is 9.80. The van der Waals surface area contributed by atoms with E-state index in [-0.39, 0.29) is 5.91 Å². The highest BCUT2D eigenvalue weighted by atomic mass is 16.4. The molecular formula is C13H20N2O3. The minimum Gasteiger partial charge on any atom is -0.480 e. The van der Waals surface area contributed by atoms with Crippen LogP contribution in [-0.2, 0) is 9.59 Å². The quantitative estimate of drug-likeness (QED) is 0.698. The van der Waals surface area contributed by atoms with Gasteiger partial charge in [-0.2, -0.15) is 0 Å². The average molecular weight is 252 g/mol. The van der Waals surface area contributed by atoms with Gasteiger partial charge in [0.25, 0.3) is 0 Å². The van der Waals surface area contributed by atoms with Crippen LogP contribution in [-0.4, -0.2) is 29.1 Å². The summed E-state index contributed by atoms with van der Waals surface area (Å²) in [5.41, 5.74) is 1.14. The maximum atomic E-state index is 11.1. The van der Waals surface area contributed by atoms with E-state index in [0.29, 0.717) is 18.4 Å². The van der Waals surface area contributed by atoms with Crippen molar-refractivity contribution in [3.8, 4) is 0 Å². The molecule has 5 nitrogen and oxygen atoms in total. The average Bonchev–Trinajstić information content (AvgIpc) is 2.71. The number of aliphatic carboxylic acids is 1. The van der Waals surface area contributed by atoms with Crippen molar-refractivity contribution >= 4 is 11.9 Å². The molecule has 1 aliphatic heterocycles. The molecule has 2 aliphatic rings. The lowest BCUT2D eigenvalue weighted by molar-refractivity contribution is -0.141. The maximum absolute atomic E-state index is 11.1. The Morgan fingerprint density at radius 3 is 2.89 bits per heavy atom. The molecule has 1 fully saturated rings. The monoisotopic (exact) mass is 252 g/mol. The Morgan fingerprint density at radius 1 is 1.50 bits per heavy atom. The number of carbonyl (C=O) groups is 2. The molecule has 0 saturated heterocycles. The van der Waals surface area contributed by atoms with Gasteiger partial charge in [-0.05, 0) is 24.6 Å². The van der Waals surface area contributed by atoms with Crippen LogP contribution >= 0.6 is 0 Å². The molecule has 0 aromatic heterocycles. The molecule has 3 N–H and O–H groups in total. The Hall–Kier alpha value is -1.52. The van der Waals surface area contributed by atoms with E-state index in [1.54, 1.807) is 0 Å². The number of amides is 1. The predicted molar refractivity (Wildman–Crippen MR) is 66.8 cm³/mol. The van der Waals surface area contributed by atoms with E-state index in [2.05, 4.69) is 10.6 Å². The van der Waals surface area contributed by atoms with E-state index in [9.17, 15) is 9.59 Å². The van der Waals surface area contributed by atoms with Crippen molar-refractivity contribution in [3.63, 3.8) is 0 Å². The molecule has 0 aromatic carbocycles. The highest BCUT2D eigenvalue weighted by Crippen LogP contribution is 2.35. The van der Waals surface area contributed by atoms with E-state index in [1.165, 1.54) is 19.8 Å². The van der Waals surface area contributed by atoms with Crippen LogP contribution in [0.25, 0.3) is 0 Å². The third kappa shape index (κ3) is 2.83. The standard InChI is InChI=1S/C13H20N2O3/c1-8(16)15-12(13(17)18)6-9-7-14-11-5-3-2-4-10(9)11/h7,10-12,14H,2-6H2,1H3,(H,15,16)(H,17,18). The summed E-state index contributed by atoms with van der Waals surface area (Å²) in [6, 6.07) is -0.336. The maximum Gasteiger partial charge on any atom is 0.326 e. The topological polar surface area (TPSA) is 78.4 Å². The third-order valence-electron chi connectivity index (χ3n) is 3.84. The van der Waals surface area contributed by atoms with Gasteiger partial charge in [-0.1, -0.05) is 12.8 Å². The smallest absolute Gasteiger partial charge is 0.326 e. The van der Waals surface area contributed by atoms with E-state index in [4.69, 9.17) is 5.11 Å². The lowest BCUT2D eigenvalue weighted by Crippen LogP contribution is -2.40. The first-order valence-electron chi connectivity index (χ1n) is 6.53. The molecule has 1 aliphatic carbocycles. The van der Waals surface area contributed by atoms with Gasteiger partial charge in [-0.15, -0.1) is 0 Å². The summed E-state index contributed by atoms with van der Waals surface area (Å²) in [6.45, 7) is 1.35. The van der Waals surface area contributed by atoms with Crippen LogP contribution in [0, 0.1) is 5.92 Å². The summed E-state index contributed by atoms with van der Waals surface area (Å²) in [4.78, 5) is 22.1. The van der Waals surface area contributed by atoms with E-state index >= 15 is 0 Å². The Balaban J connectivity index is 1.98. The first-order valence-corrected chi connectivity index (χ1v) is 6.53. The van der Waals surface area contributed by atoms with Crippen LogP contribution < -0.4 is 10.6 Å². The van der Waals surface area contributed by atoms with Crippen LogP contribution in [0.3, 0.4) is 0 Å². The Bertz CT molecular complexity index is 378. The minimum atomic E-state index is -0.967. The zero-order valence-corrected chi connectivity index (χ0v) is 10.6. The van der Waals surface area contributed by atoms with Gasteiger partial charge < -0.3 is 15.7 Å². The molecule has 18 heavy (non-hydrogen) atoms. The Labute approximate surface area is 107 Å². The van der Waals surface area contributed by atoms with Crippen LogP contribution in [0.15, 0.2) is 11.8 Å². The van der Waals surface area contributed by atoms with Crippen molar-refractivity contribution in [3.05, 3.63) is 11.8 Å². The van der Waals surface area contributed by atoms with E-state index < -0.39 is 12.0 Å². The second-order valence-corrected chi connectivity index (χ2v) is 5.18. The fourth-order valence-corrected chi connectivity index (χ4v) is 2.99. The van der Waals surface area contributed by atoms with Gasteiger partial charge in [-0.3, -0.25) is 4.79 Å². The minimum absolute atomic E-state index is 0.297. The van der Waals surface area contributed by atoms with Gasteiger partial charge in [0.2, 0.25) is 5.91 Å². The van der Waals surface area contributed by atoms with Gasteiger partial charge >= 0.3 is 5.97 Å². The molecule has 0 bridgehead atoms. The fraction of sp³-hybridized carbons (Fsp3) is 0.692. The third-order valence-corrected chi connectivity index (χ3v) is 3.84. The van der Waals surface area contributed by atoms with Gasteiger partial charge in [0.1, 0.15) is 6.04 Å². The molecule has 0 aromatic rings. The van der Waals surface area contributed by atoms with Crippen molar-refractivity contribution in [1.29, 1.82) is 0 Å². The Kier molecular flexibility index (Phi) is 3.89. The number of carboxylic acids is 1. The van der Waals surface area contributed by atoms with Crippen molar-refractivity contribution in [1.82, 2.24) is 10.6 Å². The largest absolute Gasteiger partial charge is 0.480 e. The highest BCUT2D eigenvalue weighted by molar-refractivity contribution is 5.82. The van der Waals surface area contributed by atoms with Gasteiger partial charge in [0.15, 0.2) is 0 Å². The van der Waals surface area contributed by atoms with Crippen molar-refractivity contribution in [2.24, 2.45) is 5.92 Å². The van der Waals surface area contributed by atoms with Crippen molar-refractivity contribution in [2.75, 3.05) is 0 Å². The first kappa shape index (κ1) is 12.9. The molecule has 1 amide bonds. The lowest BCUT2D eigenvalue weighted by Gasteiger charge is -2.28. The second-order valence-electron chi connectivity index (χ2n) is 5.18. The number of carbonyl (C=O) groups excluding carboxylic acids is 1. The van der Waals surface area contributed by atoms with E-state index in [0.717, 1.165) is 18.4 Å². The SMILES string of the molecule is CC(=O)NC(CC1=CNC2CCCCC12)C(=O)O. The zero-order valence-electron chi connectivity index (χ0n) is 10.6. The fourth-order valence-electron chi connectivity index (χ4n) is 2.99. The summed E-state index contributed by atoms with van der Waals surface area (Å²) >= 11 is 0. The molecule has 100 valence electrons. The first-order chi connectivity index (χ1) is 8.58. The van der Waals surface area contributed by atoms with Crippen LogP contribution in [0.5, 0.6) is 0 Å². The molecule has 0 spiro atoms. The molecule has 0 radical (unpaired) electrons. The summed E-state index contributed by atoms with van der Waals surface area (Å²) < 4.78 is 0. The molecule has 3 atom stereocenters. The summed E-state index contributed by atoms with van der Waals surface area (Å²) in [5, 5.41) is 14.9. The zero-order chi connectivity index (χ0) is 13.1. The second kappa shape index (κ2) is 5.42. The number of carboxylic acid groups (broad SMARTS) is 1. The normalized spacial score (nSPS) is 27.7. The molecule has 3 unspecified atom stereocenters. The van der Waals surface area contributed by atoms with Crippen LogP contribution in [0.1, 0.15) is 39.0 Å². The van der Waals surface area contributed by atoms with Gasteiger partial charge in [-0.25, -0.2) is 4.79 Å². The Morgan fingerprint density at radius 2 is 2.22 bits per heavy atom. The number of fused-ring (bicyclic) bond motifs is 1. The van der Waals surface area contributed by atoms with E-state index in [1.807, 2.05) is 6.20 Å². The number of rotatable bonds is 4. The van der Waals surface area contributed by atoms with Crippen LogP contribution in [0.4, 0.5) is 0 Å². The summed E-state index contributed by atoms with van der Waals surface area (Å²) in [6.07, 6.45) is 7.08. The van der Waals surface area contributed by atoms with Crippen LogP contribution in [0.2, 0.25) is 0 Å². The highest BCUT2D eigenvalue weighted by Gasteiger charge is 2.33. The summed E-state index contributed by atoms with van der Waals surface area (Å²) in [7, 11) is 0. The predicted octanol–water partition coefficient (Wildman–Crippen LogP) is 1.01. The summed E-state index contributed by atoms with van der Waals surface area (Å²) in [5.74, 6) is -0.811.